The van der Waals surface area contributed by atoms with Crippen LogP contribution in [-0.4, -0.2) is 35.2 Å². The highest BCUT2D eigenvalue weighted by atomic mass is 35.6. The van der Waals surface area contributed by atoms with Crippen LogP contribution in [0.4, 0.5) is 0 Å². The van der Waals surface area contributed by atoms with Gasteiger partial charge in [-0.05, 0) is 112 Å². The Labute approximate surface area is 263 Å². The molecule has 210 valence electrons. The van der Waals surface area contributed by atoms with Crippen LogP contribution in [0.25, 0.3) is 57.5 Å². The normalized spacial score (nSPS) is 11.9. The summed E-state index contributed by atoms with van der Waals surface area (Å²) >= 11 is 14.4. The number of halogens is 3. The maximum atomic E-state index is 4.81. The Kier molecular flexibility index (Phi) is 9.45. The van der Waals surface area contributed by atoms with Crippen LogP contribution in [0.3, 0.4) is 0 Å². The van der Waals surface area contributed by atoms with E-state index >= 15 is 0 Å². The Bertz CT molecular complexity index is 1720. The van der Waals surface area contributed by atoms with Crippen LogP contribution in [0.15, 0.2) is 97.1 Å². The summed E-state index contributed by atoms with van der Waals surface area (Å²) in [5.41, 5.74) is 13.6. The van der Waals surface area contributed by atoms with Gasteiger partial charge in [0.05, 0.1) is 22.8 Å². The molecule has 42 heavy (non-hydrogen) atoms. The monoisotopic (exact) mass is 626 g/mol. The number of hydrogen-bond donors (Lipinski definition) is 2. The number of nitrogens with one attached hydrogen (secondary N) is 2. The standard InChI is InChI=1S/C20H14N4.C13H10.CHCl3.H4Si/c1-2-14-10-16-5-6-18(23-16)12-20-8-7-19(24-20)11-17-4-3-15(22-17)9-13(1)21-14;1-3-7-12-10(5-1)9-11-6-2-4-8-13(11)12;2-1(3)4;/h1-12,21,24H;1-8H,9H2;1H;1H4. The van der Waals surface area contributed by atoms with Gasteiger partial charge in [0.15, 0.2) is 4.30 Å². The molecule has 3 aromatic heterocycles. The number of fused-ring (bicyclic) bond motifs is 11. The van der Waals surface area contributed by atoms with E-state index in [-0.39, 0.29) is 11.0 Å². The van der Waals surface area contributed by atoms with Gasteiger partial charge in [-0.3, -0.25) is 0 Å². The largest absolute Gasteiger partial charge is 0.355 e. The van der Waals surface area contributed by atoms with Gasteiger partial charge in [-0.1, -0.05) is 83.3 Å². The Balaban J connectivity index is 0.000000165. The van der Waals surface area contributed by atoms with E-state index in [0.29, 0.717) is 0 Å². The van der Waals surface area contributed by atoms with Crippen molar-refractivity contribution in [3.8, 4) is 11.1 Å². The molecule has 5 heterocycles. The first-order valence-corrected chi connectivity index (χ1v) is 14.4. The number of aromatic amines is 2. The molecular weight excluding hydrogens is 599 g/mol. The highest BCUT2D eigenvalue weighted by Gasteiger charge is 2.15. The van der Waals surface area contributed by atoms with Gasteiger partial charge >= 0.3 is 0 Å². The van der Waals surface area contributed by atoms with Crippen molar-refractivity contribution >= 4 is 92.1 Å². The molecule has 0 saturated carbocycles. The zero-order valence-electron chi connectivity index (χ0n) is 21.9. The van der Waals surface area contributed by atoms with Crippen LogP contribution in [0.2, 0.25) is 0 Å². The molecule has 2 N–H and O–H groups in total. The van der Waals surface area contributed by atoms with Crippen LogP contribution in [-0.2, 0) is 6.42 Å². The number of alkyl halides is 3. The highest BCUT2D eigenvalue weighted by Crippen LogP contribution is 2.35. The number of H-pyrrole nitrogens is 2. The summed E-state index contributed by atoms with van der Waals surface area (Å²) in [5, 5.41) is 0. The number of rotatable bonds is 0. The van der Waals surface area contributed by atoms with Crippen molar-refractivity contribution < 1.29 is 0 Å². The molecule has 3 aliphatic rings. The van der Waals surface area contributed by atoms with E-state index in [1.165, 1.54) is 22.3 Å². The zero-order valence-corrected chi connectivity index (χ0v) is 24.1. The Morgan fingerprint density at radius 2 is 0.810 bits per heavy atom. The van der Waals surface area contributed by atoms with Gasteiger partial charge in [0.1, 0.15) is 0 Å². The summed E-state index contributed by atoms with van der Waals surface area (Å²) < 4.78 is -0.750. The molecule has 4 nitrogen and oxygen atoms in total. The number of aromatic nitrogens is 4. The lowest BCUT2D eigenvalue weighted by Crippen LogP contribution is -1.77. The first-order valence-electron chi connectivity index (χ1n) is 13.1. The van der Waals surface area contributed by atoms with Gasteiger partial charge in [-0.2, -0.15) is 0 Å². The molecule has 2 aliphatic heterocycles. The Hall–Kier alpha value is -3.87. The van der Waals surface area contributed by atoms with Gasteiger partial charge < -0.3 is 9.97 Å². The molecule has 0 fully saturated rings. The Morgan fingerprint density at radius 3 is 1.14 bits per heavy atom. The average Bonchev–Trinajstić information content (AvgIpc) is 3.78. The lowest BCUT2D eigenvalue weighted by molar-refractivity contribution is 1.26. The molecule has 0 radical (unpaired) electrons. The molecule has 8 heteroatoms. The quantitative estimate of drug-likeness (QED) is 0.131. The molecule has 8 bridgehead atoms. The molecule has 0 amide bonds. The summed E-state index contributed by atoms with van der Waals surface area (Å²) in [7, 11) is 0. The van der Waals surface area contributed by atoms with Crippen molar-refractivity contribution in [1.29, 1.82) is 0 Å². The molecule has 5 aromatic rings. The fourth-order valence-corrected chi connectivity index (χ4v) is 5.02. The molecule has 0 atom stereocenters. The van der Waals surface area contributed by atoms with Crippen molar-refractivity contribution in [2.24, 2.45) is 0 Å². The van der Waals surface area contributed by atoms with Crippen LogP contribution >= 0.6 is 34.8 Å². The van der Waals surface area contributed by atoms with Crippen molar-refractivity contribution in [2.45, 2.75) is 10.7 Å². The number of benzene rings is 2. The molecule has 2 aromatic carbocycles. The minimum atomic E-state index is -0.750. The van der Waals surface area contributed by atoms with E-state index in [1.54, 1.807) is 0 Å². The molecule has 0 spiro atoms. The van der Waals surface area contributed by atoms with Gasteiger partial charge in [0.2, 0.25) is 0 Å². The first-order chi connectivity index (χ1) is 20.0. The minimum Gasteiger partial charge on any atom is -0.355 e. The highest BCUT2D eigenvalue weighted by molar-refractivity contribution is 6.63. The molecule has 1 aliphatic carbocycles. The second-order valence-electron chi connectivity index (χ2n) is 9.64. The lowest BCUT2D eigenvalue weighted by atomic mass is 10.1. The minimum absolute atomic E-state index is 0. The van der Waals surface area contributed by atoms with Crippen LogP contribution in [0, 0.1) is 0 Å². The predicted octanol–water partition coefficient (Wildman–Crippen LogP) is 8.45. The van der Waals surface area contributed by atoms with Crippen molar-refractivity contribution in [3.63, 3.8) is 0 Å². The van der Waals surface area contributed by atoms with Crippen molar-refractivity contribution in [3.05, 3.63) is 131 Å². The van der Waals surface area contributed by atoms with Crippen molar-refractivity contribution in [2.75, 3.05) is 0 Å². The Morgan fingerprint density at radius 1 is 0.500 bits per heavy atom. The fraction of sp³-hybridized carbons (Fsp3) is 0.0588. The first kappa shape index (κ1) is 29.6. The number of hydrogen-bond acceptors (Lipinski definition) is 2. The third-order valence-electron chi connectivity index (χ3n) is 6.75. The fourth-order valence-electron chi connectivity index (χ4n) is 5.02. The number of nitrogens with zero attached hydrogens (tertiary/aromatic N) is 2. The second-order valence-corrected chi connectivity index (χ2v) is 11.6. The smallest absolute Gasteiger partial charge is 0.180 e. The molecular formula is C34H29Cl3N4Si. The van der Waals surface area contributed by atoms with Crippen molar-refractivity contribution in [1.82, 2.24) is 19.9 Å². The van der Waals surface area contributed by atoms with E-state index in [0.717, 1.165) is 51.3 Å². The summed E-state index contributed by atoms with van der Waals surface area (Å²) in [4.78, 5) is 16.0. The maximum Gasteiger partial charge on any atom is 0.180 e. The van der Waals surface area contributed by atoms with E-state index in [9.17, 15) is 0 Å². The summed E-state index contributed by atoms with van der Waals surface area (Å²) in [6.45, 7) is 0. The molecule has 0 saturated heterocycles. The lowest BCUT2D eigenvalue weighted by Gasteiger charge is -1.98. The summed E-state index contributed by atoms with van der Waals surface area (Å²) in [6, 6.07) is 33.7. The molecule has 0 unspecified atom stereocenters. The van der Waals surface area contributed by atoms with E-state index in [4.69, 9.17) is 34.8 Å². The van der Waals surface area contributed by atoms with E-state index in [1.807, 2.05) is 48.6 Å². The van der Waals surface area contributed by atoms with Gasteiger partial charge in [0, 0.05) is 22.1 Å². The third-order valence-corrected chi connectivity index (χ3v) is 6.75. The summed E-state index contributed by atoms with van der Waals surface area (Å²) in [6.07, 6.45) is 9.19. The zero-order chi connectivity index (χ0) is 28.2. The van der Waals surface area contributed by atoms with Crippen LogP contribution in [0.5, 0.6) is 0 Å². The third kappa shape index (κ3) is 7.30. The van der Waals surface area contributed by atoms with Gasteiger partial charge in [-0.15, -0.1) is 0 Å². The summed E-state index contributed by atoms with van der Waals surface area (Å²) in [5.74, 6) is 0. The van der Waals surface area contributed by atoms with Crippen LogP contribution in [0.1, 0.15) is 33.9 Å². The maximum absolute atomic E-state index is 4.81. The average molecular weight is 628 g/mol. The van der Waals surface area contributed by atoms with Crippen LogP contribution < -0.4 is 0 Å². The van der Waals surface area contributed by atoms with Gasteiger partial charge in [-0.25, -0.2) is 9.97 Å². The van der Waals surface area contributed by atoms with Gasteiger partial charge in [0.25, 0.3) is 0 Å². The second kappa shape index (κ2) is 13.4. The SMILES string of the molecule is C1=Cc2cc3ccc(cc4nc(cc5ccc(cc1n2)[nH]5)C=C4)[nH]3.ClC(Cl)Cl.[SiH4].c1ccc2c(c1)Cc1ccccc1-2. The predicted molar refractivity (Wildman–Crippen MR) is 186 cm³/mol. The van der Waals surface area contributed by atoms with E-state index < -0.39 is 4.30 Å². The topological polar surface area (TPSA) is 57.4 Å². The molecule has 8 rings (SSSR count). The van der Waals surface area contributed by atoms with E-state index in [2.05, 4.69) is 92.7 Å².